The van der Waals surface area contributed by atoms with Crippen LogP contribution in [0.2, 0.25) is 0 Å². The monoisotopic (exact) mass is 334 g/mol. The number of aromatic nitrogens is 1. The Morgan fingerprint density at radius 3 is 2.61 bits per heavy atom. The van der Waals surface area contributed by atoms with Crippen LogP contribution in [-0.2, 0) is 11.3 Å². The SMILES string of the molecule is COC(=O)Nc1ccc(OCc2nc(C)c(C(C)=O)s2)cc1C. The Bertz CT molecular complexity index is 740. The number of carbonyl (C=O) groups is 2. The molecule has 23 heavy (non-hydrogen) atoms. The fourth-order valence-corrected chi connectivity index (χ4v) is 2.89. The number of thiazole rings is 1. The van der Waals surface area contributed by atoms with Crippen LogP contribution in [0.5, 0.6) is 5.75 Å². The van der Waals surface area contributed by atoms with Gasteiger partial charge in [0.1, 0.15) is 17.4 Å². The third-order valence-corrected chi connectivity index (χ3v) is 4.37. The first-order valence-electron chi connectivity index (χ1n) is 6.96. The molecule has 0 radical (unpaired) electrons. The highest BCUT2D eigenvalue weighted by atomic mass is 32.1. The second kappa shape index (κ2) is 7.23. The lowest BCUT2D eigenvalue weighted by Crippen LogP contribution is -2.11. The quantitative estimate of drug-likeness (QED) is 0.843. The predicted molar refractivity (Wildman–Crippen MR) is 88.4 cm³/mol. The summed E-state index contributed by atoms with van der Waals surface area (Å²) in [4.78, 5) is 27.7. The number of hydrogen-bond donors (Lipinski definition) is 1. The van der Waals surface area contributed by atoms with Crippen molar-refractivity contribution in [2.75, 3.05) is 12.4 Å². The van der Waals surface area contributed by atoms with Crippen molar-refractivity contribution in [2.45, 2.75) is 27.4 Å². The van der Waals surface area contributed by atoms with Crippen LogP contribution in [-0.4, -0.2) is 24.0 Å². The highest BCUT2D eigenvalue weighted by molar-refractivity contribution is 7.13. The average Bonchev–Trinajstić information content (AvgIpc) is 2.88. The molecular formula is C16H18N2O4S. The van der Waals surface area contributed by atoms with Gasteiger partial charge in [-0.25, -0.2) is 9.78 Å². The summed E-state index contributed by atoms with van der Waals surface area (Å²) < 4.78 is 10.3. The molecule has 2 rings (SSSR count). The lowest BCUT2D eigenvalue weighted by atomic mass is 10.2. The second-order valence-corrected chi connectivity index (χ2v) is 6.04. The maximum Gasteiger partial charge on any atom is 0.411 e. The molecule has 0 aliphatic carbocycles. The summed E-state index contributed by atoms with van der Waals surface area (Å²) in [5.74, 6) is 0.676. The molecule has 122 valence electrons. The Balaban J connectivity index is 2.04. The number of methoxy groups -OCH3 is 1. The molecule has 0 atom stereocenters. The molecule has 0 bridgehead atoms. The highest BCUT2D eigenvalue weighted by Crippen LogP contribution is 2.24. The first kappa shape index (κ1) is 17.0. The van der Waals surface area contributed by atoms with Gasteiger partial charge < -0.3 is 9.47 Å². The summed E-state index contributed by atoms with van der Waals surface area (Å²) in [6, 6.07) is 5.32. The standard InChI is InChI=1S/C16H18N2O4S/c1-9-7-12(5-6-13(9)18-16(20)21-4)22-8-14-17-10(2)15(23-14)11(3)19/h5-7H,8H2,1-4H3,(H,18,20). The predicted octanol–water partition coefficient (Wildman–Crippen LogP) is 3.72. The normalized spacial score (nSPS) is 10.3. The number of anilines is 1. The first-order chi connectivity index (χ1) is 10.9. The van der Waals surface area contributed by atoms with Crippen molar-refractivity contribution in [3.05, 3.63) is 39.3 Å². The van der Waals surface area contributed by atoms with E-state index in [1.54, 1.807) is 12.1 Å². The zero-order valence-electron chi connectivity index (χ0n) is 13.4. The third kappa shape index (κ3) is 4.29. The van der Waals surface area contributed by atoms with Gasteiger partial charge in [-0.3, -0.25) is 10.1 Å². The summed E-state index contributed by atoms with van der Waals surface area (Å²) in [6.45, 7) is 5.50. The van der Waals surface area contributed by atoms with Gasteiger partial charge in [0, 0.05) is 12.6 Å². The van der Waals surface area contributed by atoms with E-state index in [9.17, 15) is 9.59 Å². The smallest absolute Gasteiger partial charge is 0.411 e. The zero-order chi connectivity index (χ0) is 17.0. The number of benzene rings is 1. The lowest BCUT2D eigenvalue weighted by molar-refractivity contribution is 0.102. The number of aryl methyl sites for hydroxylation is 2. The zero-order valence-corrected chi connectivity index (χ0v) is 14.2. The van der Waals surface area contributed by atoms with Crippen molar-refractivity contribution in [1.29, 1.82) is 0 Å². The Labute approximate surface area is 138 Å². The number of hydrogen-bond acceptors (Lipinski definition) is 6. The molecule has 1 aromatic heterocycles. The van der Waals surface area contributed by atoms with Crippen molar-refractivity contribution in [3.63, 3.8) is 0 Å². The lowest BCUT2D eigenvalue weighted by Gasteiger charge is -2.10. The van der Waals surface area contributed by atoms with Crippen LogP contribution in [0.4, 0.5) is 10.5 Å². The largest absolute Gasteiger partial charge is 0.486 e. The van der Waals surface area contributed by atoms with Crippen LogP contribution in [0.1, 0.15) is 32.9 Å². The van der Waals surface area contributed by atoms with Crippen LogP contribution in [0.15, 0.2) is 18.2 Å². The number of nitrogens with one attached hydrogen (secondary N) is 1. The number of Topliss-reactive ketones (excluding diaryl/α,β-unsaturated/α-hetero) is 1. The van der Waals surface area contributed by atoms with E-state index >= 15 is 0 Å². The Kier molecular flexibility index (Phi) is 5.33. The molecule has 1 heterocycles. The van der Waals surface area contributed by atoms with E-state index in [4.69, 9.17) is 4.74 Å². The van der Waals surface area contributed by atoms with Gasteiger partial charge in [0.25, 0.3) is 0 Å². The fourth-order valence-electron chi connectivity index (χ4n) is 2.01. The third-order valence-electron chi connectivity index (χ3n) is 3.14. The summed E-state index contributed by atoms with van der Waals surface area (Å²) in [5.41, 5.74) is 2.25. The number of rotatable bonds is 5. The number of amides is 1. The number of ether oxygens (including phenoxy) is 2. The highest BCUT2D eigenvalue weighted by Gasteiger charge is 2.12. The van der Waals surface area contributed by atoms with E-state index in [0.717, 1.165) is 16.3 Å². The number of carbonyl (C=O) groups excluding carboxylic acids is 2. The molecular weight excluding hydrogens is 316 g/mol. The van der Waals surface area contributed by atoms with E-state index in [-0.39, 0.29) is 5.78 Å². The van der Waals surface area contributed by atoms with E-state index in [0.29, 0.717) is 22.9 Å². The molecule has 0 aliphatic rings. The molecule has 6 nitrogen and oxygen atoms in total. The molecule has 1 aromatic carbocycles. The molecule has 1 amide bonds. The van der Waals surface area contributed by atoms with E-state index in [1.165, 1.54) is 25.4 Å². The van der Waals surface area contributed by atoms with Gasteiger partial charge in [0.2, 0.25) is 0 Å². The molecule has 7 heteroatoms. The van der Waals surface area contributed by atoms with Crippen LogP contribution in [0.25, 0.3) is 0 Å². The van der Waals surface area contributed by atoms with Gasteiger partial charge >= 0.3 is 6.09 Å². The topological polar surface area (TPSA) is 77.5 Å². The maximum absolute atomic E-state index is 11.4. The van der Waals surface area contributed by atoms with Crippen LogP contribution >= 0.6 is 11.3 Å². The molecule has 0 saturated carbocycles. The van der Waals surface area contributed by atoms with Crippen LogP contribution in [0.3, 0.4) is 0 Å². The summed E-state index contributed by atoms with van der Waals surface area (Å²) in [5, 5.41) is 3.37. The number of ketones is 1. The molecule has 1 N–H and O–H groups in total. The fraction of sp³-hybridized carbons (Fsp3) is 0.312. The maximum atomic E-state index is 11.4. The Morgan fingerprint density at radius 1 is 1.30 bits per heavy atom. The van der Waals surface area contributed by atoms with Crippen LogP contribution in [0, 0.1) is 13.8 Å². The van der Waals surface area contributed by atoms with E-state index in [2.05, 4.69) is 15.0 Å². The molecule has 0 unspecified atom stereocenters. The van der Waals surface area contributed by atoms with Gasteiger partial charge in [0.15, 0.2) is 5.78 Å². The van der Waals surface area contributed by atoms with Gasteiger partial charge in [-0.2, -0.15) is 0 Å². The summed E-state index contributed by atoms with van der Waals surface area (Å²) in [6.07, 6.45) is -0.517. The molecule has 0 saturated heterocycles. The minimum absolute atomic E-state index is 0.0142. The second-order valence-electron chi connectivity index (χ2n) is 4.96. The van der Waals surface area contributed by atoms with Crippen LogP contribution < -0.4 is 10.1 Å². The minimum Gasteiger partial charge on any atom is -0.486 e. The molecule has 0 aliphatic heterocycles. The first-order valence-corrected chi connectivity index (χ1v) is 7.78. The van der Waals surface area contributed by atoms with E-state index in [1.807, 2.05) is 19.9 Å². The molecule has 0 fully saturated rings. The average molecular weight is 334 g/mol. The van der Waals surface area contributed by atoms with Crippen molar-refractivity contribution < 1.29 is 19.1 Å². The van der Waals surface area contributed by atoms with Gasteiger partial charge in [-0.15, -0.1) is 11.3 Å². The van der Waals surface area contributed by atoms with Crippen molar-refractivity contribution in [2.24, 2.45) is 0 Å². The summed E-state index contributed by atoms with van der Waals surface area (Å²) in [7, 11) is 1.31. The van der Waals surface area contributed by atoms with Crippen molar-refractivity contribution >= 4 is 28.9 Å². The van der Waals surface area contributed by atoms with Gasteiger partial charge in [-0.1, -0.05) is 0 Å². The number of nitrogens with zero attached hydrogens (tertiary/aromatic N) is 1. The van der Waals surface area contributed by atoms with E-state index < -0.39 is 6.09 Å². The van der Waals surface area contributed by atoms with Gasteiger partial charge in [-0.05, 0) is 37.6 Å². The molecule has 0 spiro atoms. The summed E-state index contributed by atoms with van der Waals surface area (Å²) >= 11 is 1.35. The Hall–Kier alpha value is -2.41. The van der Waals surface area contributed by atoms with Crippen molar-refractivity contribution in [1.82, 2.24) is 4.98 Å². The van der Waals surface area contributed by atoms with Crippen molar-refractivity contribution in [3.8, 4) is 5.75 Å². The molecule has 2 aromatic rings. The minimum atomic E-state index is -0.517. The Morgan fingerprint density at radius 2 is 2.04 bits per heavy atom. The van der Waals surface area contributed by atoms with Gasteiger partial charge in [0.05, 0.1) is 17.7 Å².